The molecule has 1 aromatic heterocycles. The van der Waals surface area contributed by atoms with Gasteiger partial charge in [-0.1, -0.05) is 96.8 Å². The van der Waals surface area contributed by atoms with Gasteiger partial charge in [0.05, 0.1) is 5.69 Å². The highest BCUT2D eigenvalue weighted by Crippen LogP contribution is 2.29. The number of ketones is 1. The van der Waals surface area contributed by atoms with E-state index in [1.807, 2.05) is 32.4 Å². The summed E-state index contributed by atoms with van der Waals surface area (Å²) in [7, 11) is 1.95. The lowest BCUT2D eigenvalue weighted by Gasteiger charge is -2.15. The highest BCUT2D eigenvalue weighted by atomic mass is 16.5. The van der Waals surface area contributed by atoms with Crippen LogP contribution >= 0.6 is 0 Å². The third-order valence-corrected chi connectivity index (χ3v) is 7.00. The van der Waals surface area contributed by atoms with Crippen LogP contribution in [0.5, 0.6) is 0 Å². The van der Waals surface area contributed by atoms with Crippen LogP contribution < -0.4 is 0 Å². The van der Waals surface area contributed by atoms with Crippen LogP contribution in [0.4, 0.5) is 0 Å². The standard InChI is InChI=1S/C29H51NO3/c1-7-8-9-10-11-12-13-14-15-16-17-18-19-20-21-22-27(32)28-23(2)29(30(6)24(28)3)25(4)33-26(5)31/h25H,7-22H2,1-6H3. The summed E-state index contributed by atoms with van der Waals surface area (Å²) < 4.78 is 7.37. The summed E-state index contributed by atoms with van der Waals surface area (Å²) >= 11 is 0. The smallest absolute Gasteiger partial charge is 0.303 e. The number of unbranched alkanes of at least 4 members (excludes halogenated alkanes) is 14. The minimum atomic E-state index is -0.349. The van der Waals surface area contributed by atoms with Gasteiger partial charge in [0.2, 0.25) is 0 Å². The van der Waals surface area contributed by atoms with E-state index >= 15 is 0 Å². The number of Topliss-reactive ketones (excluding diaryl/α,β-unsaturated/α-hetero) is 1. The zero-order chi connectivity index (χ0) is 24.6. The molecule has 1 rings (SSSR count). The molecule has 0 N–H and O–H groups in total. The van der Waals surface area contributed by atoms with Crippen molar-refractivity contribution in [3.05, 3.63) is 22.5 Å². The summed E-state index contributed by atoms with van der Waals surface area (Å²) in [4.78, 5) is 24.3. The first-order valence-corrected chi connectivity index (χ1v) is 13.7. The number of aromatic nitrogens is 1. The van der Waals surface area contributed by atoms with Crippen molar-refractivity contribution in [2.45, 2.75) is 143 Å². The van der Waals surface area contributed by atoms with Crippen LogP contribution in [0.1, 0.15) is 157 Å². The van der Waals surface area contributed by atoms with Crippen LogP contribution in [0, 0.1) is 13.8 Å². The Morgan fingerprint density at radius 2 is 1.21 bits per heavy atom. The summed E-state index contributed by atoms with van der Waals surface area (Å²) in [6.07, 6.45) is 20.2. The number of rotatable bonds is 19. The van der Waals surface area contributed by atoms with Crippen LogP contribution in [0.15, 0.2) is 0 Å². The molecule has 4 heteroatoms. The monoisotopic (exact) mass is 461 g/mol. The lowest BCUT2D eigenvalue weighted by atomic mass is 9.99. The summed E-state index contributed by atoms with van der Waals surface area (Å²) in [5, 5.41) is 0. The normalized spacial score (nSPS) is 12.2. The van der Waals surface area contributed by atoms with E-state index in [1.165, 1.54) is 90.4 Å². The highest BCUT2D eigenvalue weighted by molar-refractivity contribution is 5.99. The molecule has 190 valence electrons. The van der Waals surface area contributed by atoms with Crippen LogP contribution in [0.25, 0.3) is 0 Å². The van der Waals surface area contributed by atoms with Crippen molar-refractivity contribution in [3.63, 3.8) is 0 Å². The van der Waals surface area contributed by atoms with Gasteiger partial charge in [-0.3, -0.25) is 9.59 Å². The van der Waals surface area contributed by atoms with Gasteiger partial charge in [-0.15, -0.1) is 0 Å². The molecule has 0 amide bonds. The Kier molecular flexibility index (Phi) is 15.1. The predicted molar refractivity (Wildman–Crippen MR) is 139 cm³/mol. The van der Waals surface area contributed by atoms with Crippen LogP contribution in [0.2, 0.25) is 0 Å². The first-order chi connectivity index (χ1) is 15.8. The van der Waals surface area contributed by atoms with Crippen molar-refractivity contribution in [1.82, 2.24) is 4.57 Å². The second-order valence-electron chi connectivity index (χ2n) is 9.90. The first kappa shape index (κ1) is 29.5. The van der Waals surface area contributed by atoms with E-state index in [0.717, 1.165) is 35.4 Å². The summed E-state index contributed by atoms with van der Waals surface area (Å²) in [6.45, 7) is 9.52. The van der Waals surface area contributed by atoms with Gasteiger partial charge in [0.15, 0.2) is 5.78 Å². The van der Waals surface area contributed by atoms with Crippen LogP contribution in [-0.2, 0) is 16.6 Å². The van der Waals surface area contributed by atoms with E-state index in [9.17, 15) is 9.59 Å². The molecule has 0 bridgehead atoms. The van der Waals surface area contributed by atoms with Gasteiger partial charge >= 0.3 is 5.97 Å². The largest absolute Gasteiger partial charge is 0.456 e. The minimum Gasteiger partial charge on any atom is -0.456 e. The third-order valence-electron chi connectivity index (χ3n) is 7.00. The fraction of sp³-hybridized carbons (Fsp3) is 0.793. The molecule has 1 unspecified atom stereocenters. The summed E-state index contributed by atoms with van der Waals surface area (Å²) in [5.74, 6) is -0.0806. The first-order valence-electron chi connectivity index (χ1n) is 13.7. The zero-order valence-corrected chi connectivity index (χ0v) is 22.6. The molecular weight excluding hydrogens is 410 g/mol. The van der Waals surface area contributed by atoms with Gasteiger partial charge < -0.3 is 9.30 Å². The van der Waals surface area contributed by atoms with E-state index in [1.54, 1.807) is 0 Å². The number of nitrogens with zero attached hydrogens (tertiary/aromatic N) is 1. The molecule has 0 aromatic carbocycles. The second kappa shape index (κ2) is 16.9. The predicted octanol–water partition coefficient (Wildman–Crippen LogP) is 8.71. The highest BCUT2D eigenvalue weighted by Gasteiger charge is 2.24. The third kappa shape index (κ3) is 10.9. The van der Waals surface area contributed by atoms with Crippen molar-refractivity contribution in [2.75, 3.05) is 0 Å². The van der Waals surface area contributed by atoms with Gasteiger partial charge in [0.25, 0.3) is 0 Å². The Hall–Kier alpha value is -1.58. The molecule has 1 aromatic rings. The molecular formula is C29H51NO3. The van der Waals surface area contributed by atoms with E-state index in [2.05, 4.69) is 6.92 Å². The lowest BCUT2D eigenvalue weighted by Crippen LogP contribution is -2.10. The average molecular weight is 462 g/mol. The van der Waals surface area contributed by atoms with Crippen molar-refractivity contribution in [2.24, 2.45) is 7.05 Å². The molecule has 1 atom stereocenters. The van der Waals surface area contributed by atoms with Crippen LogP contribution in [0.3, 0.4) is 0 Å². The lowest BCUT2D eigenvalue weighted by molar-refractivity contribution is -0.146. The molecule has 0 aliphatic heterocycles. The Morgan fingerprint density at radius 1 is 0.788 bits per heavy atom. The Labute approximate surface area is 203 Å². The fourth-order valence-corrected chi connectivity index (χ4v) is 5.07. The second-order valence-corrected chi connectivity index (χ2v) is 9.90. The van der Waals surface area contributed by atoms with Gasteiger partial charge in [-0.2, -0.15) is 0 Å². The molecule has 0 spiro atoms. The van der Waals surface area contributed by atoms with E-state index in [4.69, 9.17) is 4.74 Å². The van der Waals surface area contributed by atoms with Gasteiger partial charge in [-0.05, 0) is 32.8 Å². The quantitative estimate of drug-likeness (QED) is 0.118. The maximum absolute atomic E-state index is 12.9. The maximum Gasteiger partial charge on any atom is 0.303 e. The molecule has 0 aliphatic rings. The number of carbonyl (C=O) groups is 2. The molecule has 0 fully saturated rings. The van der Waals surface area contributed by atoms with Crippen molar-refractivity contribution < 1.29 is 14.3 Å². The van der Waals surface area contributed by atoms with Gasteiger partial charge in [0, 0.05) is 31.6 Å². The molecule has 0 radical (unpaired) electrons. The summed E-state index contributed by atoms with van der Waals surface area (Å²) in [6, 6.07) is 0. The molecule has 1 heterocycles. The SMILES string of the molecule is CCCCCCCCCCCCCCCCCC(=O)c1c(C)c(C(C)OC(C)=O)n(C)c1C. The zero-order valence-electron chi connectivity index (χ0n) is 22.6. The number of ether oxygens (including phenoxy) is 1. The number of esters is 1. The topological polar surface area (TPSA) is 48.3 Å². The van der Waals surface area contributed by atoms with E-state index in [0.29, 0.717) is 6.42 Å². The average Bonchev–Trinajstić information content (AvgIpc) is 2.98. The Bertz CT molecular complexity index is 704. The molecule has 0 aliphatic carbocycles. The minimum absolute atomic E-state index is 0.219. The van der Waals surface area contributed by atoms with Crippen molar-refractivity contribution in [1.29, 1.82) is 0 Å². The molecule has 0 saturated heterocycles. The maximum atomic E-state index is 12.9. The number of carbonyl (C=O) groups excluding carboxylic acids is 2. The fourth-order valence-electron chi connectivity index (χ4n) is 5.07. The van der Waals surface area contributed by atoms with Gasteiger partial charge in [0.1, 0.15) is 6.10 Å². The molecule has 4 nitrogen and oxygen atoms in total. The van der Waals surface area contributed by atoms with E-state index in [-0.39, 0.29) is 17.9 Å². The Morgan fingerprint density at radius 3 is 1.64 bits per heavy atom. The Balaban J connectivity index is 2.19. The number of hydrogen-bond acceptors (Lipinski definition) is 3. The molecule has 33 heavy (non-hydrogen) atoms. The molecule has 0 saturated carbocycles. The summed E-state index contributed by atoms with van der Waals surface area (Å²) in [5.41, 5.74) is 3.65. The van der Waals surface area contributed by atoms with Crippen molar-refractivity contribution >= 4 is 11.8 Å². The van der Waals surface area contributed by atoms with E-state index < -0.39 is 0 Å². The van der Waals surface area contributed by atoms with Crippen LogP contribution in [-0.4, -0.2) is 16.3 Å². The number of hydrogen-bond donors (Lipinski definition) is 0. The van der Waals surface area contributed by atoms with Crippen molar-refractivity contribution in [3.8, 4) is 0 Å². The van der Waals surface area contributed by atoms with Gasteiger partial charge in [-0.25, -0.2) is 0 Å².